The first kappa shape index (κ1) is 18.2. The molecule has 0 bridgehead atoms. The number of carbonyl (C=O) groups is 1. The summed E-state index contributed by atoms with van der Waals surface area (Å²) in [5.41, 5.74) is 0.277. The molecule has 0 aliphatic heterocycles. The first-order valence-corrected chi connectivity index (χ1v) is 8.48. The van der Waals surface area contributed by atoms with Crippen LogP contribution in [0.2, 0.25) is 0 Å². The van der Waals surface area contributed by atoms with Gasteiger partial charge in [0.05, 0.1) is 25.2 Å². The summed E-state index contributed by atoms with van der Waals surface area (Å²) in [5.74, 6) is 0.467. The topological polar surface area (TPSA) is 117 Å². The van der Waals surface area contributed by atoms with Gasteiger partial charge in [-0.3, -0.25) is 14.9 Å². The van der Waals surface area contributed by atoms with E-state index in [1.165, 1.54) is 14.2 Å². The van der Waals surface area contributed by atoms with Gasteiger partial charge >= 0.3 is 6.01 Å². The zero-order chi connectivity index (χ0) is 20.4. The van der Waals surface area contributed by atoms with Crippen molar-refractivity contribution in [1.82, 2.24) is 10.2 Å². The second kappa shape index (κ2) is 7.47. The van der Waals surface area contributed by atoms with Crippen molar-refractivity contribution in [3.8, 4) is 23.0 Å². The van der Waals surface area contributed by atoms with E-state index in [1.54, 1.807) is 42.5 Å². The number of nitrogens with one attached hydrogen (secondary N) is 1. The van der Waals surface area contributed by atoms with Crippen LogP contribution >= 0.6 is 0 Å². The molecule has 0 aliphatic rings. The number of nitrogens with zero attached hydrogens (tertiary/aromatic N) is 2. The molecule has 0 saturated heterocycles. The van der Waals surface area contributed by atoms with E-state index in [0.717, 1.165) is 6.26 Å². The van der Waals surface area contributed by atoms with Crippen LogP contribution in [-0.2, 0) is 0 Å². The normalized spacial score (nSPS) is 10.7. The average molecular weight is 393 g/mol. The molecule has 0 radical (unpaired) electrons. The predicted molar refractivity (Wildman–Crippen MR) is 103 cm³/mol. The number of hydrogen-bond donors (Lipinski definition) is 1. The van der Waals surface area contributed by atoms with E-state index in [-0.39, 0.29) is 17.5 Å². The Bertz CT molecular complexity index is 1260. The van der Waals surface area contributed by atoms with Gasteiger partial charge in [0, 0.05) is 6.07 Å². The number of amides is 1. The first-order chi connectivity index (χ1) is 14.1. The van der Waals surface area contributed by atoms with Crippen LogP contribution < -0.4 is 20.2 Å². The Balaban J connectivity index is 1.61. The van der Waals surface area contributed by atoms with E-state index < -0.39 is 11.3 Å². The first-order valence-electron chi connectivity index (χ1n) is 8.48. The smallest absolute Gasteiger partial charge is 0.322 e. The third-order valence-electron chi connectivity index (χ3n) is 4.21. The number of anilines is 1. The average Bonchev–Trinajstić information content (AvgIpc) is 3.21. The maximum Gasteiger partial charge on any atom is 0.322 e. The Morgan fingerprint density at radius 2 is 1.90 bits per heavy atom. The molecule has 0 aliphatic carbocycles. The third kappa shape index (κ3) is 3.41. The van der Waals surface area contributed by atoms with Gasteiger partial charge in [-0.15, -0.1) is 5.10 Å². The summed E-state index contributed by atoms with van der Waals surface area (Å²) >= 11 is 0. The van der Waals surface area contributed by atoms with E-state index in [2.05, 4.69) is 15.5 Å². The van der Waals surface area contributed by atoms with Crippen LogP contribution in [-0.4, -0.2) is 30.3 Å². The van der Waals surface area contributed by atoms with E-state index in [1.807, 2.05) is 0 Å². The maximum atomic E-state index is 12.5. The van der Waals surface area contributed by atoms with Gasteiger partial charge in [0.1, 0.15) is 28.9 Å². The Kier molecular flexibility index (Phi) is 4.70. The summed E-state index contributed by atoms with van der Waals surface area (Å²) in [5, 5.41) is 10.4. The van der Waals surface area contributed by atoms with E-state index in [4.69, 9.17) is 18.3 Å². The number of carbonyl (C=O) groups excluding carboxylic acids is 1. The van der Waals surface area contributed by atoms with E-state index >= 15 is 0 Å². The standard InChI is InChI=1S/C20H15N3O6/c1-26-11-7-8-13(16(9-11)27-2)19-22-23-20(29-19)21-18(25)14-10-28-15-6-4-3-5-12(15)17(14)24/h3-10H,1-2H3,(H,21,23,25). The van der Waals surface area contributed by atoms with Gasteiger partial charge in [-0.1, -0.05) is 17.2 Å². The molecule has 0 atom stereocenters. The van der Waals surface area contributed by atoms with Gasteiger partial charge in [0.25, 0.3) is 11.8 Å². The van der Waals surface area contributed by atoms with Crippen LogP contribution in [0.3, 0.4) is 0 Å². The Labute approximate surface area is 163 Å². The predicted octanol–water partition coefficient (Wildman–Crippen LogP) is 3.11. The quantitative estimate of drug-likeness (QED) is 0.550. The summed E-state index contributed by atoms with van der Waals surface area (Å²) in [6, 6.07) is 11.5. The number of methoxy groups -OCH3 is 2. The van der Waals surface area contributed by atoms with Crippen molar-refractivity contribution in [3.63, 3.8) is 0 Å². The fourth-order valence-corrected chi connectivity index (χ4v) is 2.76. The highest BCUT2D eigenvalue weighted by Crippen LogP contribution is 2.33. The molecule has 0 spiro atoms. The summed E-state index contributed by atoms with van der Waals surface area (Å²) in [4.78, 5) is 25.0. The maximum absolute atomic E-state index is 12.5. The highest BCUT2D eigenvalue weighted by Gasteiger charge is 2.19. The van der Waals surface area contributed by atoms with Crippen molar-refractivity contribution in [2.24, 2.45) is 0 Å². The van der Waals surface area contributed by atoms with Crippen LogP contribution in [0.1, 0.15) is 10.4 Å². The highest BCUT2D eigenvalue weighted by atomic mass is 16.5. The zero-order valence-electron chi connectivity index (χ0n) is 15.5. The van der Waals surface area contributed by atoms with Crippen molar-refractivity contribution in [2.45, 2.75) is 0 Å². The largest absolute Gasteiger partial charge is 0.497 e. The van der Waals surface area contributed by atoms with Crippen LogP contribution in [0.4, 0.5) is 6.01 Å². The molecule has 4 aromatic rings. The van der Waals surface area contributed by atoms with Crippen LogP contribution in [0, 0.1) is 0 Å². The van der Waals surface area contributed by atoms with Gasteiger partial charge in [0.2, 0.25) is 5.43 Å². The second-order valence-corrected chi connectivity index (χ2v) is 5.91. The summed E-state index contributed by atoms with van der Waals surface area (Å²) < 4.78 is 21.3. The number of ether oxygens (including phenoxy) is 2. The molecule has 9 heteroatoms. The molecule has 146 valence electrons. The number of benzene rings is 2. The molecule has 29 heavy (non-hydrogen) atoms. The molecule has 2 aromatic heterocycles. The Morgan fingerprint density at radius 3 is 2.69 bits per heavy atom. The number of aromatic nitrogens is 2. The lowest BCUT2D eigenvalue weighted by molar-refractivity contribution is 0.102. The zero-order valence-corrected chi connectivity index (χ0v) is 15.5. The molecule has 4 rings (SSSR count). The minimum absolute atomic E-state index is 0.130. The summed E-state index contributed by atoms with van der Waals surface area (Å²) in [6.07, 6.45) is 1.10. The van der Waals surface area contributed by atoms with Crippen LogP contribution in [0.5, 0.6) is 11.5 Å². The van der Waals surface area contributed by atoms with Crippen molar-refractivity contribution >= 4 is 22.9 Å². The molecule has 0 saturated carbocycles. The van der Waals surface area contributed by atoms with Crippen molar-refractivity contribution in [3.05, 3.63) is 64.5 Å². The lowest BCUT2D eigenvalue weighted by Gasteiger charge is -2.07. The Morgan fingerprint density at radius 1 is 1.07 bits per heavy atom. The second-order valence-electron chi connectivity index (χ2n) is 5.91. The number of fused-ring (bicyclic) bond motifs is 1. The molecule has 1 N–H and O–H groups in total. The summed E-state index contributed by atoms with van der Waals surface area (Å²) in [6.45, 7) is 0. The molecular formula is C20H15N3O6. The third-order valence-corrected chi connectivity index (χ3v) is 4.21. The molecule has 0 unspecified atom stereocenters. The van der Waals surface area contributed by atoms with Crippen LogP contribution in [0.25, 0.3) is 22.4 Å². The van der Waals surface area contributed by atoms with Crippen molar-refractivity contribution < 1.29 is 23.1 Å². The van der Waals surface area contributed by atoms with Gasteiger partial charge in [-0.05, 0) is 24.3 Å². The molecule has 2 heterocycles. The number of rotatable bonds is 5. The van der Waals surface area contributed by atoms with E-state index in [9.17, 15) is 9.59 Å². The van der Waals surface area contributed by atoms with E-state index in [0.29, 0.717) is 28.0 Å². The number of hydrogen-bond acceptors (Lipinski definition) is 8. The van der Waals surface area contributed by atoms with Gasteiger partial charge in [-0.25, -0.2) is 0 Å². The Hall–Kier alpha value is -4.14. The SMILES string of the molecule is COc1ccc(-c2nnc(NC(=O)c3coc4ccccc4c3=O)o2)c(OC)c1. The van der Waals surface area contributed by atoms with Gasteiger partial charge < -0.3 is 18.3 Å². The molecular weight excluding hydrogens is 378 g/mol. The van der Waals surface area contributed by atoms with Crippen molar-refractivity contribution in [1.29, 1.82) is 0 Å². The lowest BCUT2D eigenvalue weighted by Crippen LogP contribution is -2.21. The minimum atomic E-state index is -0.721. The lowest BCUT2D eigenvalue weighted by atomic mass is 10.1. The fraction of sp³-hybridized carbons (Fsp3) is 0.100. The summed E-state index contributed by atoms with van der Waals surface area (Å²) in [7, 11) is 3.04. The van der Waals surface area contributed by atoms with Gasteiger partial charge in [0.15, 0.2) is 0 Å². The minimum Gasteiger partial charge on any atom is -0.497 e. The number of para-hydroxylation sites is 1. The monoisotopic (exact) mass is 393 g/mol. The molecule has 0 fully saturated rings. The highest BCUT2D eigenvalue weighted by molar-refractivity contribution is 6.04. The fourth-order valence-electron chi connectivity index (χ4n) is 2.76. The molecule has 2 aromatic carbocycles. The van der Waals surface area contributed by atoms with Crippen LogP contribution in [0.15, 0.2) is 62.4 Å². The van der Waals surface area contributed by atoms with Crippen molar-refractivity contribution in [2.75, 3.05) is 19.5 Å². The molecule has 9 nitrogen and oxygen atoms in total. The molecule has 1 amide bonds. The van der Waals surface area contributed by atoms with Gasteiger partial charge in [-0.2, -0.15) is 0 Å².